The Morgan fingerprint density at radius 1 is 1.45 bits per heavy atom. The highest BCUT2D eigenvalue weighted by atomic mass is 32.2. The van der Waals surface area contributed by atoms with Crippen LogP contribution in [0.25, 0.3) is 0 Å². The number of nitrogens with one attached hydrogen (secondary N) is 1. The van der Waals surface area contributed by atoms with Gasteiger partial charge in [-0.15, -0.1) is 0 Å². The highest BCUT2D eigenvalue weighted by molar-refractivity contribution is 7.79. The van der Waals surface area contributed by atoms with E-state index in [0.29, 0.717) is 24.5 Å². The van der Waals surface area contributed by atoms with Gasteiger partial charge in [0.25, 0.3) is 0 Å². The molecule has 0 radical (unpaired) electrons. The van der Waals surface area contributed by atoms with E-state index in [4.69, 9.17) is 14.0 Å². The zero-order valence-corrected chi connectivity index (χ0v) is 13.8. The van der Waals surface area contributed by atoms with Gasteiger partial charge in [0.1, 0.15) is 0 Å². The lowest BCUT2D eigenvalue weighted by Crippen LogP contribution is -2.30. The lowest BCUT2D eigenvalue weighted by atomic mass is 9.89. The molecule has 2 rings (SSSR count). The third kappa shape index (κ3) is 4.32. The zero-order chi connectivity index (χ0) is 15.9. The Kier molecular flexibility index (Phi) is 6.42. The standard InChI is InChI=1S/C16H23NO4S/c1-3-21-16-11-12(6-7-15(16)20-2)13(8-10-22(18)19)14-5-4-9-17-14/h4-7,11,13-14,17H,3,8-10H2,1-2H3,(H,18,19). The fraction of sp³-hybridized carbons (Fsp3) is 0.500. The number of hydrogen-bond acceptors (Lipinski definition) is 4. The largest absolute Gasteiger partial charge is 0.493 e. The van der Waals surface area contributed by atoms with Gasteiger partial charge in [0.2, 0.25) is 0 Å². The van der Waals surface area contributed by atoms with E-state index in [-0.39, 0.29) is 17.7 Å². The minimum atomic E-state index is -1.78. The summed E-state index contributed by atoms with van der Waals surface area (Å²) in [4.78, 5) is 0. The highest BCUT2D eigenvalue weighted by Crippen LogP contribution is 2.34. The van der Waals surface area contributed by atoms with Crippen LogP contribution in [0.2, 0.25) is 0 Å². The maximum Gasteiger partial charge on any atom is 0.161 e. The van der Waals surface area contributed by atoms with Crippen LogP contribution in [0.1, 0.15) is 24.8 Å². The first-order valence-corrected chi connectivity index (χ1v) is 8.71. The Hall–Kier alpha value is -1.37. The number of hydrogen-bond donors (Lipinski definition) is 2. The van der Waals surface area contributed by atoms with E-state index in [1.165, 1.54) is 0 Å². The van der Waals surface area contributed by atoms with Gasteiger partial charge in [-0.3, -0.25) is 0 Å². The molecule has 1 aromatic carbocycles. The van der Waals surface area contributed by atoms with Crippen LogP contribution in [-0.4, -0.2) is 40.8 Å². The second-order valence-corrected chi connectivity index (χ2v) is 6.18. The third-order valence-corrected chi connectivity index (χ3v) is 4.35. The molecular formula is C16H23NO4S. The average molecular weight is 325 g/mol. The van der Waals surface area contributed by atoms with E-state index in [1.807, 2.05) is 25.1 Å². The third-order valence-electron chi connectivity index (χ3n) is 3.77. The monoisotopic (exact) mass is 325 g/mol. The highest BCUT2D eigenvalue weighted by Gasteiger charge is 2.24. The van der Waals surface area contributed by atoms with Gasteiger partial charge >= 0.3 is 0 Å². The van der Waals surface area contributed by atoms with Crippen LogP contribution < -0.4 is 14.8 Å². The second-order valence-electron chi connectivity index (χ2n) is 5.13. The summed E-state index contributed by atoms with van der Waals surface area (Å²) in [6.45, 7) is 3.32. The molecule has 0 aliphatic carbocycles. The molecular weight excluding hydrogens is 302 g/mol. The van der Waals surface area contributed by atoms with Crippen molar-refractivity contribution in [3.8, 4) is 11.5 Å². The summed E-state index contributed by atoms with van der Waals surface area (Å²) in [6, 6.07) is 6.04. The van der Waals surface area contributed by atoms with Crippen molar-refractivity contribution in [2.75, 3.05) is 26.0 Å². The molecule has 1 aliphatic rings. The summed E-state index contributed by atoms with van der Waals surface area (Å²) in [5, 5.41) is 3.40. The molecule has 0 saturated carbocycles. The Bertz CT molecular complexity index is 547. The minimum Gasteiger partial charge on any atom is -0.493 e. The van der Waals surface area contributed by atoms with E-state index >= 15 is 0 Å². The van der Waals surface area contributed by atoms with E-state index in [0.717, 1.165) is 12.1 Å². The normalized spacial score (nSPS) is 19.9. The van der Waals surface area contributed by atoms with Crippen LogP contribution in [0.3, 0.4) is 0 Å². The summed E-state index contributed by atoms with van der Waals surface area (Å²) >= 11 is -1.78. The van der Waals surface area contributed by atoms with Crippen LogP contribution in [0.4, 0.5) is 0 Å². The first-order chi connectivity index (χ1) is 10.7. The summed E-state index contributed by atoms with van der Waals surface area (Å²) in [6.07, 6.45) is 4.83. The Morgan fingerprint density at radius 2 is 2.27 bits per heavy atom. The van der Waals surface area contributed by atoms with Crippen LogP contribution in [0.15, 0.2) is 30.4 Å². The molecule has 22 heavy (non-hydrogen) atoms. The lowest BCUT2D eigenvalue weighted by molar-refractivity contribution is 0.310. The topological polar surface area (TPSA) is 67.8 Å². The van der Waals surface area contributed by atoms with Gasteiger partial charge in [-0.1, -0.05) is 18.2 Å². The average Bonchev–Trinajstić information content (AvgIpc) is 3.02. The van der Waals surface area contributed by atoms with Crippen molar-refractivity contribution >= 4 is 11.1 Å². The molecule has 3 atom stereocenters. The summed E-state index contributed by atoms with van der Waals surface area (Å²) < 4.78 is 31.1. The summed E-state index contributed by atoms with van der Waals surface area (Å²) in [5.41, 5.74) is 1.08. The first-order valence-electron chi connectivity index (χ1n) is 7.44. The maximum absolute atomic E-state index is 11.0. The van der Waals surface area contributed by atoms with Gasteiger partial charge in [0.05, 0.1) is 13.7 Å². The molecule has 1 aliphatic heterocycles. The van der Waals surface area contributed by atoms with Gasteiger partial charge in [-0.25, -0.2) is 4.21 Å². The first kappa shape index (κ1) is 17.0. The molecule has 0 amide bonds. The number of benzene rings is 1. The van der Waals surface area contributed by atoms with Gasteiger partial charge in [-0.2, -0.15) is 0 Å². The quantitative estimate of drug-likeness (QED) is 0.567. The second kappa shape index (κ2) is 8.31. The molecule has 0 fully saturated rings. The van der Waals surface area contributed by atoms with E-state index in [1.54, 1.807) is 7.11 Å². The van der Waals surface area contributed by atoms with Crippen molar-refractivity contribution in [3.05, 3.63) is 35.9 Å². The fourth-order valence-electron chi connectivity index (χ4n) is 2.74. The maximum atomic E-state index is 11.0. The molecule has 0 bridgehead atoms. The van der Waals surface area contributed by atoms with Gasteiger partial charge in [-0.05, 0) is 31.0 Å². The fourth-order valence-corrected chi connectivity index (χ4v) is 3.19. The van der Waals surface area contributed by atoms with Gasteiger partial charge in [0, 0.05) is 24.3 Å². The molecule has 0 aromatic heterocycles. The van der Waals surface area contributed by atoms with Crippen molar-refractivity contribution in [2.24, 2.45) is 0 Å². The van der Waals surface area contributed by atoms with E-state index in [2.05, 4.69) is 17.5 Å². The number of methoxy groups -OCH3 is 1. The molecule has 3 unspecified atom stereocenters. The van der Waals surface area contributed by atoms with Crippen molar-refractivity contribution in [1.29, 1.82) is 0 Å². The van der Waals surface area contributed by atoms with Crippen LogP contribution >= 0.6 is 0 Å². The zero-order valence-electron chi connectivity index (χ0n) is 13.0. The van der Waals surface area contributed by atoms with Crippen molar-refractivity contribution in [3.63, 3.8) is 0 Å². The van der Waals surface area contributed by atoms with Crippen molar-refractivity contribution < 1.29 is 18.2 Å². The molecule has 6 heteroatoms. The van der Waals surface area contributed by atoms with Crippen LogP contribution in [-0.2, 0) is 11.1 Å². The summed E-state index contributed by atoms with van der Waals surface area (Å²) in [5.74, 6) is 1.79. The molecule has 2 N–H and O–H groups in total. The Morgan fingerprint density at radius 3 is 2.86 bits per heavy atom. The Balaban J connectivity index is 2.27. The van der Waals surface area contributed by atoms with Crippen LogP contribution in [0.5, 0.6) is 11.5 Å². The number of rotatable bonds is 8. The SMILES string of the molecule is CCOc1cc(C(CCS(=O)O)C2C=CCN2)ccc1OC. The van der Waals surface area contributed by atoms with E-state index < -0.39 is 11.1 Å². The predicted molar refractivity (Wildman–Crippen MR) is 88.1 cm³/mol. The lowest BCUT2D eigenvalue weighted by Gasteiger charge is -2.24. The molecule has 1 aromatic rings. The Labute approximate surface area is 134 Å². The van der Waals surface area contributed by atoms with E-state index in [9.17, 15) is 4.21 Å². The summed E-state index contributed by atoms with van der Waals surface area (Å²) in [7, 11) is 1.62. The van der Waals surface area contributed by atoms with Crippen LogP contribution in [0, 0.1) is 0 Å². The number of ether oxygens (including phenoxy) is 2. The molecule has 122 valence electrons. The molecule has 0 spiro atoms. The van der Waals surface area contributed by atoms with Gasteiger partial charge < -0.3 is 19.3 Å². The molecule has 0 saturated heterocycles. The minimum absolute atomic E-state index is 0.125. The predicted octanol–water partition coefficient (Wildman–Crippen LogP) is 2.32. The van der Waals surface area contributed by atoms with Crippen molar-refractivity contribution in [2.45, 2.75) is 25.3 Å². The molecule has 5 nitrogen and oxygen atoms in total. The smallest absolute Gasteiger partial charge is 0.161 e. The van der Waals surface area contributed by atoms with Gasteiger partial charge in [0.15, 0.2) is 22.6 Å². The van der Waals surface area contributed by atoms with Crippen molar-refractivity contribution in [1.82, 2.24) is 5.32 Å². The molecule has 1 heterocycles.